The first-order valence-electron chi connectivity index (χ1n) is 3.83. The van der Waals surface area contributed by atoms with Crippen molar-refractivity contribution in [2.24, 2.45) is 0 Å². The molecule has 0 aromatic rings. The standard InChI is InChI=1S/C7H12N2O/c1-5-8-4-7(10)9(5)6-2-3-6/h5-6,8H,2-4H2,1H3. The summed E-state index contributed by atoms with van der Waals surface area (Å²) in [6, 6.07) is 0.567. The van der Waals surface area contributed by atoms with Gasteiger partial charge in [-0.2, -0.15) is 0 Å². The van der Waals surface area contributed by atoms with Crippen LogP contribution in [0.2, 0.25) is 0 Å². The molecule has 1 unspecified atom stereocenters. The summed E-state index contributed by atoms with van der Waals surface area (Å²) in [4.78, 5) is 13.1. The fourth-order valence-corrected chi connectivity index (χ4v) is 1.51. The van der Waals surface area contributed by atoms with Crippen LogP contribution in [0.3, 0.4) is 0 Å². The second-order valence-electron chi connectivity index (χ2n) is 3.09. The number of hydrogen-bond acceptors (Lipinski definition) is 2. The number of amides is 1. The Morgan fingerprint density at radius 3 is 2.70 bits per heavy atom. The van der Waals surface area contributed by atoms with Crippen LogP contribution in [0.15, 0.2) is 0 Å². The minimum Gasteiger partial charge on any atom is -0.323 e. The Kier molecular flexibility index (Phi) is 1.20. The minimum atomic E-state index is 0.273. The van der Waals surface area contributed by atoms with Gasteiger partial charge < -0.3 is 4.90 Å². The molecule has 0 aromatic heterocycles. The molecule has 10 heavy (non-hydrogen) atoms. The highest BCUT2D eigenvalue weighted by Crippen LogP contribution is 2.29. The van der Waals surface area contributed by atoms with Gasteiger partial charge in [0.1, 0.15) is 0 Å². The first-order chi connectivity index (χ1) is 4.79. The van der Waals surface area contributed by atoms with Crippen LogP contribution in [-0.4, -0.2) is 29.6 Å². The lowest BCUT2D eigenvalue weighted by Crippen LogP contribution is -2.36. The molecule has 1 amide bonds. The van der Waals surface area contributed by atoms with Crippen LogP contribution in [-0.2, 0) is 4.79 Å². The van der Waals surface area contributed by atoms with Crippen LogP contribution < -0.4 is 5.32 Å². The van der Waals surface area contributed by atoms with E-state index in [9.17, 15) is 4.79 Å². The molecule has 0 aromatic carbocycles. The molecule has 1 atom stereocenters. The predicted molar refractivity (Wildman–Crippen MR) is 37.3 cm³/mol. The molecule has 1 N–H and O–H groups in total. The van der Waals surface area contributed by atoms with Crippen LogP contribution in [0, 0.1) is 0 Å². The largest absolute Gasteiger partial charge is 0.323 e. The predicted octanol–water partition coefficient (Wildman–Crippen LogP) is -0.0734. The third-order valence-electron chi connectivity index (χ3n) is 2.19. The van der Waals surface area contributed by atoms with Crippen molar-refractivity contribution in [2.75, 3.05) is 6.54 Å². The third kappa shape index (κ3) is 0.814. The Balaban J connectivity index is 2.08. The molecule has 3 nitrogen and oxygen atoms in total. The van der Waals surface area contributed by atoms with Gasteiger partial charge in [0.15, 0.2) is 0 Å². The average molecular weight is 140 g/mol. The lowest BCUT2D eigenvalue weighted by Gasteiger charge is -2.19. The van der Waals surface area contributed by atoms with Crippen LogP contribution in [0.5, 0.6) is 0 Å². The molecule has 1 saturated heterocycles. The van der Waals surface area contributed by atoms with E-state index in [0.717, 1.165) is 0 Å². The van der Waals surface area contributed by atoms with Crippen molar-refractivity contribution < 1.29 is 4.79 Å². The second-order valence-corrected chi connectivity index (χ2v) is 3.09. The zero-order chi connectivity index (χ0) is 7.14. The molecule has 1 aliphatic heterocycles. The Morgan fingerprint density at radius 1 is 1.60 bits per heavy atom. The maximum Gasteiger partial charge on any atom is 0.238 e. The molecule has 3 heteroatoms. The summed E-state index contributed by atoms with van der Waals surface area (Å²) < 4.78 is 0. The number of rotatable bonds is 1. The Labute approximate surface area is 60.4 Å². The van der Waals surface area contributed by atoms with E-state index in [1.807, 2.05) is 11.8 Å². The molecule has 0 radical (unpaired) electrons. The molecule has 1 saturated carbocycles. The summed E-state index contributed by atoms with van der Waals surface area (Å²) >= 11 is 0. The number of hydrogen-bond donors (Lipinski definition) is 1. The highest BCUT2D eigenvalue weighted by Gasteiger charge is 2.38. The van der Waals surface area contributed by atoms with Gasteiger partial charge in [-0.15, -0.1) is 0 Å². The Bertz CT molecular complexity index is 165. The monoisotopic (exact) mass is 140 g/mol. The molecule has 0 spiro atoms. The van der Waals surface area contributed by atoms with Gasteiger partial charge in [0.2, 0.25) is 5.91 Å². The van der Waals surface area contributed by atoms with Gasteiger partial charge in [-0.25, -0.2) is 0 Å². The van der Waals surface area contributed by atoms with Crippen molar-refractivity contribution in [3.8, 4) is 0 Å². The van der Waals surface area contributed by atoms with Crippen LogP contribution in [0.25, 0.3) is 0 Å². The van der Waals surface area contributed by atoms with E-state index in [0.29, 0.717) is 12.6 Å². The van der Waals surface area contributed by atoms with Gasteiger partial charge in [0, 0.05) is 6.04 Å². The smallest absolute Gasteiger partial charge is 0.238 e. The number of carbonyl (C=O) groups is 1. The van der Waals surface area contributed by atoms with Crippen molar-refractivity contribution >= 4 is 5.91 Å². The summed E-state index contributed by atoms with van der Waals surface area (Å²) in [5, 5.41) is 3.12. The lowest BCUT2D eigenvalue weighted by molar-refractivity contribution is -0.128. The molecule has 2 aliphatic rings. The van der Waals surface area contributed by atoms with Crippen molar-refractivity contribution in [1.82, 2.24) is 10.2 Å². The Hall–Kier alpha value is -0.570. The maximum absolute atomic E-state index is 11.1. The molecule has 2 rings (SSSR count). The summed E-state index contributed by atoms with van der Waals surface area (Å²) in [7, 11) is 0. The Morgan fingerprint density at radius 2 is 2.30 bits per heavy atom. The summed E-state index contributed by atoms with van der Waals surface area (Å²) in [6.07, 6.45) is 2.69. The van der Waals surface area contributed by atoms with Gasteiger partial charge in [0.05, 0.1) is 12.7 Å². The molecular weight excluding hydrogens is 128 g/mol. The van der Waals surface area contributed by atoms with Crippen LogP contribution in [0.1, 0.15) is 19.8 Å². The first kappa shape index (κ1) is 6.16. The van der Waals surface area contributed by atoms with Crippen molar-refractivity contribution in [2.45, 2.75) is 32.0 Å². The topological polar surface area (TPSA) is 32.3 Å². The van der Waals surface area contributed by atoms with Gasteiger partial charge >= 0.3 is 0 Å². The van der Waals surface area contributed by atoms with E-state index in [4.69, 9.17) is 0 Å². The van der Waals surface area contributed by atoms with Gasteiger partial charge in [-0.05, 0) is 19.8 Å². The van der Waals surface area contributed by atoms with E-state index < -0.39 is 0 Å². The maximum atomic E-state index is 11.1. The van der Waals surface area contributed by atoms with E-state index in [-0.39, 0.29) is 12.1 Å². The lowest BCUT2D eigenvalue weighted by atomic mass is 10.4. The molecule has 2 fully saturated rings. The quantitative estimate of drug-likeness (QED) is 0.553. The van der Waals surface area contributed by atoms with Crippen molar-refractivity contribution in [3.63, 3.8) is 0 Å². The van der Waals surface area contributed by atoms with Crippen molar-refractivity contribution in [1.29, 1.82) is 0 Å². The summed E-state index contributed by atoms with van der Waals surface area (Å²) in [6.45, 7) is 2.58. The fourth-order valence-electron chi connectivity index (χ4n) is 1.51. The first-order valence-corrected chi connectivity index (χ1v) is 3.83. The van der Waals surface area contributed by atoms with Crippen molar-refractivity contribution in [3.05, 3.63) is 0 Å². The zero-order valence-electron chi connectivity index (χ0n) is 6.13. The van der Waals surface area contributed by atoms with E-state index >= 15 is 0 Å². The van der Waals surface area contributed by atoms with Crippen LogP contribution >= 0.6 is 0 Å². The van der Waals surface area contributed by atoms with Gasteiger partial charge in [-0.1, -0.05) is 0 Å². The number of nitrogens with zero attached hydrogens (tertiary/aromatic N) is 1. The van der Waals surface area contributed by atoms with E-state index in [1.165, 1.54) is 12.8 Å². The van der Waals surface area contributed by atoms with Gasteiger partial charge in [0.25, 0.3) is 0 Å². The highest BCUT2D eigenvalue weighted by atomic mass is 16.2. The zero-order valence-corrected chi connectivity index (χ0v) is 6.13. The summed E-state index contributed by atoms with van der Waals surface area (Å²) in [5.74, 6) is 0.273. The highest BCUT2D eigenvalue weighted by molar-refractivity contribution is 5.81. The molecule has 56 valence electrons. The molecule has 0 bridgehead atoms. The normalized spacial score (nSPS) is 33.5. The molecule has 1 heterocycles. The van der Waals surface area contributed by atoms with Gasteiger partial charge in [-0.3, -0.25) is 10.1 Å². The molecule has 1 aliphatic carbocycles. The van der Waals surface area contributed by atoms with E-state index in [1.54, 1.807) is 0 Å². The summed E-state index contributed by atoms with van der Waals surface area (Å²) in [5.41, 5.74) is 0. The minimum absolute atomic E-state index is 0.273. The number of carbonyl (C=O) groups excluding carboxylic acids is 1. The number of nitrogens with one attached hydrogen (secondary N) is 1. The SMILES string of the molecule is CC1NCC(=O)N1C1CC1. The van der Waals surface area contributed by atoms with Crippen LogP contribution in [0.4, 0.5) is 0 Å². The fraction of sp³-hybridized carbons (Fsp3) is 0.857. The second kappa shape index (κ2) is 1.95. The molecular formula is C7H12N2O. The average Bonchev–Trinajstić information content (AvgIpc) is 2.64. The third-order valence-corrected chi connectivity index (χ3v) is 2.19. The van der Waals surface area contributed by atoms with E-state index in [2.05, 4.69) is 5.32 Å².